The molecule has 0 unspecified atom stereocenters. The number of hydrogen-bond donors (Lipinski definition) is 2. The Morgan fingerprint density at radius 2 is 1.69 bits per heavy atom. The number of non-ortho nitro benzene ring substituents is 1. The van der Waals surface area contributed by atoms with Crippen LogP contribution in [0.2, 0.25) is 0 Å². The van der Waals surface area contributed by atoms with Crippen LogP contribution < -0.4 is 10.5 Å². The van der Waals surface area contributed by atoms with Gasteiger partial charge in [0.05, 0.1) is 23.8 Å². The number of methoxy groups -OCH3 is 1. The van der Waals surface area contributed by atoms with Crippen molar-refractivity contribution in [3.63, 3.8) is 0 Å². The second kappa shape index (κ2) is 8.84. The van der Waals surface area contributed by atoms with E-state index >= 15 is 0 Å². The SMILES string of the molecule is COc1cc([N+](=O)[O-])ccc1/N=N/c1cc(S(=O)(=O)O)c2ccccc2c1N.[NaH]. The minimum absolute atomic E-state index is 0. The molecule has 3 N–H and O–H groups in total. The quantitative estimate of drug-likeness (QED) is 0.158. The Morgan fingerprint density at radius 3 is 2.28 bits per heavy atom. The summed E-state index contributed by atoms with van der Waals surface area (Å²) < 4.78 is 38.1. The number of benzene rings is 3. The van der Waals surface area contributed by atoms with Gasteiger partial charge in [-0.3, -0.25) is 14.7 Å². The van der Waals surface area contributed by atoms with E-state index in [1.54, 1.807) is 18.2 Å². The molecule has 0 saturated heterocycles. The molecule has 0 fully saturated rings. The van der Waals surface area contributed by atoms with Crippen molar-refractivity contribution in [2.75, 3.05) is 12.8 Å². The van der Waals surface area contributed by atoms with Gasteiger partial charge in [0.15, 0.2) is 5.75 Å². The van der Waals surface area contributed by atoms with E-state index in [1.807, 2.05) is 0 Å². The van der Waals surface area contributed by atoms with E-state index in [2.05, 4.69) is 10.2 Å². The van der Waals surface area contributed by atoms with Crippen LogP contribution in [0.15, 0.2) is 63.7 Å². The van der Waals surface area contributed by atoms with Crippen molar-refractivity contribution in [3.8, 4) is 5.75 Å². The standard InChI is InChI=1S/C17H14N4O6S.Na.H/c1-27-15-8-10(21(22)23)6-7-13(15)19-20-14-9-16(28(24,25)26)11-4-2-3-5-12(11)17(14)18;;/h2-9H,18H2,1H3,(H,24,25,26);;/b20-19+;;. The summed E-state index contributed by atoms with van der Waals surface area (Å²) in [6, 6.07) is 11.2. The van der Waals surface area contributed by atoms with E-state index in [0.29, 0.717) is 5.39 Å². The number of azo groups is 1. The van der Waals surface area contributed by atoms with Gasteiger partial charge in [0.2, 0.25) is 0 Å². The summed E-state index contributed by atoms with van der Waals surface area (Å²) in [5, 5.41) is 19.4. The summed E-state index contributed by atoms with van der Waals surface area (Å²) in [7, 11) is -3.22. The fraction of sp³-hybridized carbons (Fsp3) is 0.0588. The molecule has 10 nitrogen and oxygen atoms in total. The first-order chi connectivity index (χ1) is 13.2. The molecule has 12 heteroatoms. The number of anilines is 1. The number of hydrogen-bond acceptors (Lipinski definition) is 8. The summed E-state index contributed by atoms with van der Waals surface area (Å²) >= 11 is 0. The average molecular weight is 426 g/mol. The molecular weight excluding hydrogens is 411 g/mol. The van der Waals surface area contributed by atoms with Crippen molar-refractivity contribution in [1.82, 2.24) is 0 Å². The third-order valence-corrected chi connectivity index (χ3v) is 4.84. The molecule has 0 saturated carbocycles. The zero-order valence-electron chi connectivity index (χ0n) is 14.4. The molecule has 0 aliphatic heterocycles. The molecule has 0 radical (unpaired) electrons. The molecule has 146 valence electrons. The van der Waals surface area contributed by atoms with E-state index < -0.39 is 15.0 Å². The van der Waals surface area contributed by atoms with Gasteiger partial charge in [0.1, 0.15) is 16.3 Å². The van der Waals surface area contributed by atoms with Crippen LogP contribution in [0, 0.1) is 10.1 Å². The fourth-order valence-electron chi connectivity index (χ4n) is 2.62. The fourth-order valence-corrected chi connectivity index (χ4v) is 3.33. The van der Waals surface area contributed by atoms with E-state index in [0.717, 1.165) is 6.07 Å². The predicted molar refractivity (Wildman–Crippen MR) is 109 cm³/mol. The maximum absolute atomic E-state index is 11.7. The Bertz CT molecular complexity index is 1230. The first-order valence-corrected chi connectivity index (χ1v) is 9.19. The molecule has 0 amide bonds. The summed E-state index contributed by atoms with van der Waals surface area (Å²) in [6.45, 7) is 0. The predicted octanol–water partition coefficient (Wildman–Crippen LogP) is 3.35. The van der Waals surface area contributed by atoms with Crippen LogP contribution in [0.3, 0.4) is 0 Å². The second-order valence-electron chi connectivity index (χ2n) is 5.64. The molecule has 3 aromatic rings. The van der Waals surface area contributed by atoms with Crippen molar-refractivity contribution in [2.24, 2.45) is 10.2 Å². The molecule has 0 spiro atoms. The third kappa shape index (κ3) is 4.71. The first-order valence-electron chi connectivity index (χ1n) is 7.75. The Balaban J connectivity index is 0.00000300. The van der Waals surface area contributed by atoms with Crippen molar-refractivity contribution >= 4 is 73.2 Å². The minimum atomic E-state index is -4.54. The molecule has 3 aromatic carbocycles. The third-order valence-electron chi connectivity index (χ3n) is 3.94. The van der Waals surface area contributed by atoms with Crippen LogP contribution >= 0.6 is 0 Å². The maximum atomic E-state index is 11.7. The van der Waals surface area contributed by atoms with Crippen LogP contribution in [0.1, 0.15) is 0 Å². The summed E-state index contributed by atoms with van der Waals surface area (Å²) in [6.07, 6.45) is 0. The Hall–Kier alpha value is -2.57. The van der Waals surface area contributed by atoms with E-state index in [1.165, 1.54) is 31.4 Å². The topological polar surface area (TPSA) is 157 Å². The Labute approximate surface area is 187 Å². The zero-order valence-corrected chi connectivity index (χ0v) is 15.3. The van der Waals surface area contributed by atoms with Gasteiger partial charge in [-0.05, 0) is 12.1 Å². The van der Waals surface area contributed by atoms with Gasteiger partial charge in [-0.2, -0.15) is 8.42 Å². The van der Waals surface area contributed by atoms with Crippen molar-refractivity contribution < 1.29 is 22.6 Å². The van der Waals surface area contributed by atoms with Gasteiger partial charge in [0.25, 0.3) is 15.8 Å². The van der Waals surface area contributed by atoms with Gasteiger partial charge in [-0.25, -0.2) is 0 Å². The van der Waals surface area contributed by atoms with Gasteiger partial charge >= 0.3 is 29.6 Å². The number of rotatable bonds is 5. The van der Waals surface area contributed by atoms with Gasteiger partial charge < -0.3 is 10.5 Å². The van der Waals surface area contributed by atoms with Crippen LogP contribution in [0.4, 0.5) is 22.7 Å². The second-order valence-corrected chi connectivity index (χ2v) is 7.03. The number of nitrogens with two attached hydrogens (primary N) is 1. The summed E-state index contributed by atoms with van der Waals surface area (Å²) in [4.78, 5) is 9.92. The normalized spacial score (nSPS) is 11.4. The molecule has 0 aliphatic carbocycles. The summed E-state index contributed by atoms with van der Waals surface area (Å²) in [5.41, 5.74) is 6.23. The van der Waals surface area contributed by atoms with Crippen molar-refractivity contribution in [2.45, 2.75) is 4.90 Å². The Kier molecular flexibility index (Phi) is 6.93. The molecular formula is C17H15N4NaO6S. The van der Waals surface area contributed by atoms with E-state index in [-0.39, 0.29) is 68.3 Å². The monoisotopic (exact) mass is 426 g/mol. The van der Waals surface area contributed by atoms with E-state index in [4.69, 9.17) is 10.5 Å². The molecule has 0 bridgehead atoms. The number of fused-ring (bicyclic) bond motifs is 1. The summed E-state index contributed by atoms with van der Waals surface area (Å²) in [5.74, 6) is 0.104. The number of nitro benzene ring substituents is 1. The van der Waals surface area contributed by atoms with E-state index in [9.17, 15) is 23.1 Å². The van der Waals surface area contributed by atoms with Crippen LogP contribution in [-0.4, -0.2) is 54.6 Å². The Morgan fingerprint density at radius 1 is 1.07 bits per heavy atom. The average Bonchev–Trinajstić information content (AvgIpc) is 2.66. The van der Waals surface area contributed by atoms with Crippen molar-refractivity contribution in [1.29, 1.82) is 0 Å². The molecule has 29 heavy (non-hydrogen) atoms. The molecule has 0 aromatic heterocycles. The van der Waals surface area contributed by atoms with Gasteiger partial charge in [0, 0.05) is 16.8 Å². The van der Waals surface area contributed by atoms with Crippen molar-refractivity contribution in [3.05, 3.63) is 58.6 Å². The number of ether oxygens (including phenoxy) is 1. The van der Waals surface area contributed by atoms with Crippen LogP contribution in [0.25, 0.3) is 10.8 Å². The van der Waals surface area contributed by atoms with Crippen LogP contribution in [0.5, 0.6) is 5.75 Å². The number of nitrogen functional groups attached to an aromatic ring is 1. The van der Waals surface area contributed by atoms with Crippen LogP contribution in [-0.2, 0) is 10.1 Å². The zero-order chi connectivity index (χ0) is 20.5. The molecule has 0 atom stereocenters. The first kappa shape index (κ1) is 22.7. The molecule has 0 heterocycles. The number of nitro groups is 1. The molecule has 0 aliphatic rings. The number of nitrogens with zero attached hydrogens (tertiary/aromatic N) is 3. The molecule has 3 rings (SSSR count). The van der Waals surface area contributed by atoms with Gasteiger partial charge in [-0.15, -0.1) is 10.2 Å². The van der Waals surface area contributed by atoms with Gasteiger partial charge in [-0.1, -0.05) is 24.3 Å².